The zero-order valence-corrected chi connectivity index (χ0v) is 8.73. The van der Waals surface area contributed by atoms with Crippen molar-refractivity contribution in [2.75, 3.05) is 6.61 Å². The molecule has 13 heavy (non-hydrogen) atoms. The molecule has 0 aliphatic carbocycles. The molecule has 1 aromatic rings. The second-order valence-electron chi connectivity index (χ2n) is 2.34. The van der Waals surface area contributed by atoms with Gasteiger partial charge in [-0.1, -0.05) is 13.8 Å². The first-order valence-electron chi connectivity index (χ1n) is 4.63. The van der Waals surface area contributed by atoms with Gasteiger partial charge in [0.25, 0.3) is 0 Å². The van der Waals surface area contributed by atoms with Crippen molar-refractivity contribution >= 4 is 0 Å². The Bertz CT molecular complexity index is 246. The van der Waals surface area contributed by atoms with Gasteiger partial charge in [-0.15, -0.1) is 0 Å². The second kappa shape index (κ2) is 6.46. The van der Waals surface area contributed by atoms with E-state index in [1.54, 1.807) is 19.1 Å². The molecule has 0 atom stereocenters. The summed E-state index contributed by atoms with van der Waals surface area (Å²) in [4.78, 5) is 0. The molecule has 0 bridgehead atoms. The Hall–Kier alpha value is -1.05. The third kappa shape index (κ3) is 3.92. The predicted molar refractivity (Wildman–Crippen MR) is 53.7 cm³/mol. The quantitative estimate of drug-likeness (QED) is 0.682. The van der Waals surface area contributed by atoms with Crippen molar-refractivity contribution in [3.63, 3.8) is 0 Å². The summed E-state index contributed by atoms with van der Waals surface area (Å²) in [5.41, 5.74) is 0.621. The largest absolute Gasteiger partial charge is 0.494 e. The molecule has 0 aromatic heterocycles. The van der Waals surface area contributed by atoms with E-state index in [1.807, 2.05) is 20.8 Å². The number of halogens is 1. The first kappa shape index (κ1) is 11.9. The minimum absolute atomic E-state index is 0.187. The zero-order valence-electron chi connectivity index (χ0n) is 8.73. The second-order valence-corrected chi connectivity index (χ2v) is 2.34. The van der Waals surface area contributed by atoms with Crippen molar-refractivity contribution in [3.05, 3.63) is 29.6 Å². The van der Waals surface area contributed by atoms with Gasteiger partial charge in [0.05, 0.1) is 6.61 Å². The van der Waals surface area contributed by atoms with Crippen LogP contribution in [0.2, 0.25) is 0 Å². The summed E-state index contributed by atoms with van der Waals surface area (Å²) >= 11 is 0. The number of aryl methyl sites for hydroxylation is 1. The molecule has 2 heteroatoms. The van der Waals surface area contributed by atoms with Gasteiger partial charge in [-0.25, -0.2) is 4.39 Å². The topological polar surface area (TPSA) is 9.23 Å². The van der Waals surface area contributed by atoms with Gasteiger partial charge in [0.1, 0.15) is 11.6 Å². The van der Waals surface area contributed by atoms with Gasteiger partial charge < -0.3 is 4.74 Å². The maximum atomic E-state index is 12.7. The maximum absolute atomic E-state index is 12.7. The van der Waals surface area contributed by atoms with E-state index in [0.717, 1.165) is 5.75 Å². The van der Waals surface area contributed by atoms with Crippen molar-refractivity contribution in [1.29, 1.82) is 0 Å². The molecule has 0 aliphatic rings. The lowest BCUT2D eigenvalue weighted by atomic mass is 10.2. The summed E-state index contributed by atoms with van der Waals surface area (Å²) in [5, 5.41) is 0. The Morgan fingerprint density at radius 3 is 2.38 bits per heavy atom. The van der Waals surface area contributed by atoms with E-state index in [-0.39, 0.29) is 5.82 Å². The van der Waals surface area contributed by atoms with Crippen LogP contribution in [0, 0.1) is 12.7 Å². The molecule has 0 spiro atoms. The van der Waals surface area contributed by atoms with E-state index >= 15 is 0 Å². The van der Waals surface area contributed by atoms with Crippen molar-refractivity contribution in [1.82, 2.24) is 0 Å². The van der Waals surface area contributed by atoms with E-state index in [9.17, 15) is 4.39 Å². The van der Waals surface area contributed by atoms with E-state index < -0.39 is 0 Å². The molecule has 1 rings (SSSR count). The van der Waals surface area contributed by atoms with Gasteiger partial charge in [-0.2, -0.15) is 0 Å². The van der Waals surface area contributed by atoms with Gasteiger partial charge in [0.15, 0.2) is 0 Å². The summed E-state index contributed by atoms with van der Waals surface area (Å²) in [7, 11) is 0. The minimum Gasteiger partial charge on any atom is -0.494 e. The molecule has 0 saturated heterocycles. The molecule has 0 saturated carbocycles. The number of benzene rings is 1. The average Bonchev–Trinajstić information content (AvgIpc) is 2.15. The molecule has 1 nitrogen and oxygen atoms in total. The lowest BCUT2D eigenvalue weighted by molar-refractivity contribution is 0.339. The maximum Gasteiger partial charge on any atom is 0.126 e. The molecule has 0 radical (unpaired) electrons. The Balaban J connectivity index is 0.000000671. The Morgan fingerprint density at radius 1 is 1.31 bits per heavy atom. The highest BCUT2D eigenvalue weighted by atomic mass is 19.1. The highest BCUT2D eigenvalue weighted by Gasteiger charge is 1.97. The van der Waals surface area contributed by atoms with Crippen LogP contribution in [0.3, 0.4) is 0 Å². The van der Waals surface area contributed by atoms with Crippen LogP contribution in [0.5, 0.6) is 5.75 Å². The van der Waals surface area contributed by atoms with E-state index in [0.29, 0.717) is 12.2 Å². The fourth-order valence-electron chi connectivity index (χ4n) is 0.874. The predicted octanol–water partition coefficient (Wildman–Crippen LogP) is 3.56. The van der Waals surface area contributed by atoms with Gasteiger partial charge in [-0.3, -0.25) is 0 Å². The van der Waals surface area contributed by atoms with E-state index in [4.69, 9.17) is 4.74 Å². The monoisotopic (exact) mass is 184 g/mol. The Morgan fingerprint density at radius 2 is 1.92 bits per heavy atom. The number of hydrogen-bond acceptors (Lipinski definition) is 1. The molecule has 74 valence electrons. The first-order chi connectivity index (χ1) is 6.24. The van der Waals surface area contributed by atoms with Gasteiger partial charge in [0, 0.05) is 0 Å². The molecule has 0 unspecified atom stereocenters. The molecule has 0 amide bonds. The van der Waals surface area contributed by atoms with Crippen LogP contribution in [0.4, 0.5) is 4.39 Å². The van der Waals surface area contributed by atoms with Crippen LogP contribution in [0.25, 0.3) is 0 Å². The van der Waals surface area contributed by atoms with Crippen LogP contribution in [0.1, 0.15) is 26.3 Å². The highest BCUT2D eigenvalue weighted by Crippen LogP contribution is 2.15. The van der Waals surface area contributed by atoms with Gasteiger partial charge in [-0.05, 0) is 37.6 Å². The minimum atomic E-state index is -0.187. The third-order valence-electron chi connectivity index (χ3n) is 1.44. The van der Waals surface area contributed by atoms with E-state index in [1.165, 1.54) is 6.07 Å². The first-order valence-corrected chi connectivity index (χ1v) is 4.63. The molecule has 0 heterocycles. The number of ether oxygens (including phenoxy) is 1. The van der Waals surface area contributed by atoms with Crippen LogP contribution in [-0.2, 0) is 0 Å². The van der Waals surface area contributed by atoms with Crippen molar-refractivity contribution in [3.8, 4) is 5.75 Å². The van der Waals surface area contributed by atoms with Crippen LogP contribution in [0.15, 0.2) is 18.2 Å². The third-order valence-corrected chi connectivity index (χ3v) is 1.44. The number of hydrogen-bond donors (Lipinski definition) is 0. The molecular formula is C11H17FO. The normalized spacial score (nSPS) is 8.69. The fourth-order valence-corrected chi connectivity index (χ4v) is 0.874. The van der Waals surface area contributed by atoms with Crippen molar-refractivity contribution in [2.45, 2.75) is 27.7 Å². The van der Waals surface area contributed by atoms with Gasteiger partial charge >= 0.3 is 0 Å². The number of rotatable bonds is 2. The van der Waals surface area contributed by atoms with Crippen molar-refractivity contribution < 1.29 is 9.13 Å². The summed E-state index contributed by atoms with van der Waals surface area (Å²) in [6.45, 7) is 8.24. The summed E-state index contributed by atoms with van der Waals surface area (Å²) < 4.78 is 17.9. The summed E-state index contributed by atoms with van der Waals surface area (Å²) in [6, 6.07) is 4.74. The van der Waals surface area contributed by atoms with Crippen molar-refractivity contribution in [2.24, 2.45) is 0 Å². The summed E-state index contributed by atoms with van der Waals surface area (Å²) in [6.07, 6.45) is 0. The van der Waals surface area contributed by atoms with E-state index in [2.05, 4.69) is 0 Å². The Labute approximate surface area is 79.5 Å². The Kier molecular flexibility index (Phi) is 5.94. The van der Waals surface area contributed by atoms with Crippen LogP contribution in [-0.4, -0.2) is 6.61 Å². The van der Waals surface area contributed by atoms with Crippen LogP contribution < -0.4 is 4.74 Å². The highest BCUT2D eigenvalue weighted by molar-refractivity contribution is 5.28. The molecule has 0 N–H and O–H groups in total. The lowest BCUT2D eigenvalue weighted by Gasteiger charge is -2.03. The van der Waals surface area contributed by atoms with Crippen LogP contribution >= 0.6 is 0 Å². The summed E-state index contributed by atoms with van der Waals surface area (Å²) in [5.74, 6) is 0.542. The van der Waals surface area contributed by atoms with Gasteiger partial charge in [0.2, 0.25) is 0 Å². The average molecular weight is 184 g/mol. The molecule has 0 fully saturated rings. The fraction of sp³-hybridized carbons (Fsp3) is 0.455. The standard InChI is InChI=1S/C9H11FO.C2H6/c1-3-11-8-4-5-9(10)7(2)6-8;1-2/h4-6H,3H2,1-2H3;1-2H3. The smallest absolute Gasteiger partial charge is 0.126 e. The zero-order chi connectivity index (χ0) is 10.3. The molecule has 1 aromatic carbocycles. The lowest BCUT2D eigenvalue weighted by Crippen LogP contribution is -1.92. The SMILES string of the molecule is CC.CCOc1ccc(F)c(C)c1. The molecule has 0 aliphatic heterocycles. The molecular weight excluding hydrogens is 167 g/mol.